The Balaban J connectivity index is 1.20. The van der Waals surface area contributed by atoms with Gasteiger partial charge in [-0.25, -0.2) is 15.0 Å². The lowest BCUT2D eigenvalue weighted by Gasteiger charge is -2.10. The molecule has 0 aliphatic heterocycles. The van der Waals surface area contributed by atoms with Gasteiger partial charge in [-0.15, -0.1) is 0 Å². The average Bonchev–Trinajstić information content (AvgIpc) is 3.73. The normalized spacial score (nSPS) is 11.9. The Labute approximate surface area is 293 Å². The summed E-state index contributed by atoms with van der Waals surface area (Å²) >= 11 is 0. The molecule has 0 N–H and O–H groups in total. The Hall–Kier alpha value is -6.91. The molecule has 0 amide bonds. The maximum Gasteiger partial charge on any atom is 0.164 e. The summed E-state index contributed by atoms with van der Waals surface area (Å²) in [7, 11) is 0. The smallest absolute Gasteiger partial charge is 0.164 e. The molecule has 3 aromatic heterocycles. The Morgan fingerprint density at radius 2 is 0.922 bits per heavy atom. The van der Waals surface area contributed by atoms with Gasteiger partial charge in [0, 0.05) is 43.8 Å². The summed E-state index contributed by atoms with van der Waals surface area (Å²) in [6, 6.07) is 60.3. The van der Waals surface area contributed by atoms with Crippen LogP contribution in [0.25, 0.3) is 105 Å². The molecule has 0 radical (unpaired) electrons. The second kappa shape index (κ2) is 10.8. The average molecular weight is 649 g/mol. The molecule has 0 fully saturated rings. The molecule has 0 atom stereocenters. The number of aromatic nitrogens is 4. The molecule has 236 valence electrons. The van der Waals surface area contributed by atoms with Gasteiger partial charge in [-0.05, 0) is 45.3 Å². The van der Waals surface area contributed by atoms with Gasteiger partial charge in [0.1, 0.15) is 0 Å². The highest BCUT2D eigenvalue weighted by atomic mass is 15.0. The Morgan fingerprint density at radius 1 is 0.333 bits per heavy atom. The van der Waals surface area contributed by atoms with Crippen molar-refractivity contribution in [2.75, 3.05) is 0 Å². The summed E-state index contributed by atoms with van der Waals surface area (Å²) in [6.45, 7) is 0. The van der Waals surface area contributed by atoms with Gasteiger partial charge in [0.2, 0.25) is 0 Å². The van der Waals surface area contributed by atoms with E-state index in [1.165, 1.54) is 65.4 Å². The molecule has 11 rings (SSSR count). The largest absolute Gasteiger partial charge is 0.307 e. The molecule has 4 nitrogen and oxygen atoms in total. The van der Waals surface area contributed by atoms with E-state index in [1.54, 1.807) is 0 Å². The van der Waals surface area contributed by atoms with Gasteiger partial charge >= 0.3 is 0 Å². The number of hydrogen-bond donors (Lipinski definition) is 0. The van der Waals surface area contributed by atoms with Crippen LogP contribution in [-0.4, -0.2) is 19.4 Å². The highest BCUT2D eigenvalue weighted by molar-refractivity contribution is 6.28. The fraction of sp³-hybridized carbons (Fsp3) is 0. The van der Waals surface area contributed by atoms with Crippen molar-refractivity contribution in [3.05, 3.63) is 170 Å². The molecule has 0 spiro atoms. The monoisotopic (exact) mass is 648 g/mol. The highest BCUT2D eigenvalue weighted by Gasteiger charge is 2.24. The summed E-state index contributed by atoms with van der Waals surface area (Å²) in [5.41, 5.74) is 8.88. The zero-order valence-corrected chi connectivity index (χ0v) is 27.5. The van der Waals surface area contributed by atoms with E-state index >= 15 is 0 Å². The minimum absolute atomic E-state index is 0.657. The highest BCUT2D eigenvalue weighted by Crippen LogP contribution is 2.46. The van der Waals surface area contributed by atoms with Gasteiger partial charge in [-0.1, -0.05) is 152 Å². The van der Waals surface area contributed by atoms with Crippen molar-refractivity contribution < 1.29 is 0 Å². The Bertz CT molecular complexity index is 3070. The zero-order valence-electron chi connectivity index (χ0n) is 27.5. The first kappa shape index (κ1) is 28.0. The van der Waals surface area contributed by atoms with Crippen LogP contribution in [0.5, 0.6) is 0 Å². The van der Waals surface area contributed by atoms with E-state index in [1.807, 2.05) is 36.4 Å². The number of para-hydroxylation sites is 2. The lowest BCUT2D eigenvalue weighted by Crippen LogP contribution is -2.00. The van der Waals surface area contributed by atoms with Crippen molar-refractivity contribution in [3.8, 4) is 45.3 Å². The van der Waals surface area contributed by atoms with Crippen LogP contribution in [0.3, 0.4) is 0 Å². The minimum atomic E-state index is 0.657. The van der Waals surface area contributed by atoms with Crippen molar-refractivity contribution >= 4 is 59.6 Å². The van der Waals surface area contributed by atoms with E-state index in [0.29, 0.717) is 17.5 Å². The molecule has 11 aromatic rings. The quantitative estimate of drug-likeness (QED) is 0.178. The van der Waals surface area contributed by atoms with Gasteiger partial charge < -0.3 is 4.40 Å². The summed E-state index contributed by atoms with van der Waals surface area (Å²) < 4.78 is 2.47. The predicted molar refractivity (Wildman–Crippen MR) is 211 cm³/mol. The van der Waals surface area contributed by atoms with Crippen LogP contribution in [0.2, 0.25) is 0 Å². The SMILES string of the molecule is c1ccc(-c2nc(-c3ccccc3)nc(-c3ccc4c5cccc(-c6ccc7c(ccc8ccccc87)c6)c5n5c6ccccc6c3c45)n2)cc1. The first-order valence-electron chi connectivity index (χ1n) is 17.3. The van der Waals surface area contributed by atoms with E-state index in [9.17, 15) is 0 Å². The number of fused-ring (bicyclic) bond motifs is 9. The third-order valence-corrected chi connectivity index (χ3v) is 10.4. The molecule has 8 aromatic carbocycles. The Morgan fingerprint density at radius 3 is 1.71 bits per heavy atom. The van der Waals surface area contributed by atoms with Crippen LogP contribution in [0.15, 0.2) is 170 Å². The third-order valence-electron chi connectivity index (χ3n) is 10.4. The van der Waals surface area contributed by atoms with E-state index in [-0.39, 0.29) is 0 Å². The first-order chi connectivity index (χ1) is 25.3. The van der Waals surface area contributed by atoms with Crippen LogP contribution in [0, 0.1) is 0 Å². The van der Waals surface area contributed by atoms with Crippen molar-refractivity contribution in [3.63, 3.8) is 0 Å². The van der Waals surface area contributed by atoms with Gasteiger partial charge in [0.25, 0.3) is 0 Å². The summed E-state index contributed by atoms with van der Waals surface area (Å²) in [6.07, 6.45) is 0. The molecule has 0 aliphatic carbocycles. The first-order valence-corrected chi connectivity index (χ1v) is 17.3. The van der Waals surface area contributed by atoms with Gasteiger partial charge in [0.05, 0.1) is 16.6 Å². The summed E-state index contributed by atoms with van der Waals surface area (Å²) in [4.78, 5) is 15.3. The van der Waals surface area contributed by atoms with Gasteiger partial charge in [0.15, 0.2) is 17.5 Å². The van der Waals surface area contributed by atoms with Crippen LogP contribution in [0.4, 0.5) is 0 Å². The molecule has 0 saturated heterocycles. The summed E-state index contributed by atoms with van der Waals surface area (Å²) in [5, 5.41) is 9.83. The van der Waals surface area contributed by atoms with Crippen molar-refractivity contribution in [1.82, 2.24) is 19.4 Å². The molecule has 0 aliphatic rings. The van der Waals surface area contributed by atoms with E-state index in [2.05, 4.69) is 138 Å². The molecular weight excluding hydrogens is 621 g/mol. The predicted octanol–water partition coefficient (Wildman–Crippen LogP) is 12.0. The lowest BCUT2D eigenvalue weighted by molar-refractivity contribution is 1.08. The minimum Gasteiger partial charge on any atom is -0.307 e. The van der Waals surface area contributed by atoms with Gasteiger partial charge in [-0.3, -0.25) is 0 Å². The lowest BCUT2D eigenvalue weighted by atomic mass is 9.96. The van der Waals surface area contributed by atoms with Crippen LogP contribution < -0.4 is 0 Å². The number of rotatable bonds is 4. The van der Waals surface area contributed by atoms with E-state index < -0.39 is 0 Å². The molecule has 0 unspecified atom stereocenters. The fourth-order valence-corrected chi connectivity index (χ4v) is 8.08. The Kier molecular flexibility index (Phi) is 5.92. The van der Waals surface area contributed by atoms with E-state index in [4.69, 9.17) is 15.0 Å². The number of benzene rings is 8. The van der Waals surface area contributed by atoms with E-state index in [0.717, 1.165) is 22.1 Å². The maximum atomic E-state index is 5.15. The number of nitrogens with zero attached hydrogens (tertiary/aromatic N) is 4. The van der Waals surface area contributed by atoms with Crippen molar-refractivity contribution in [1.29, 1.82) is 0 Å². The topological polar surface area (TPSA) is 43.1 Å². The molecule has 51 heavy (non-hydrogen) atoms. The third kappa shape index (κ3) is 4.17. The second-order valence-corrected chi connectivity index (χ2v) is 13.2. The van der Waals surface area contributed by atoms with Crippen LogP contribution in [-0.2, 0) is 0 Å². The van der Waals surface area contributed by atoms with Crippen molar-refractivity contribution in [2.45, 2.75) is 0 Å². The molecule has 3 heterocycles. The molecule has 0 saturated carbocycles. The van der Waals surface area contributed by atoms with Gasteiger partial charge in [-0.2, -0.15) is 0 Å². The van der Waals surface area contributed by atoms with Crippen molar-refractivity contribution in [2.24, 2.45) is 0 Å². The molecule has 0 bridgehead atoms. The standard InChI is InChI=1S/C47H28N4/c1-3-13-30(14-4-1)45-48-46(31-15-5-2-6-16-31)50-47(49-45)40-27-26-38-37-20-11-19-36(43(37)51-41-21-10-9-18-39(41)42(40)44(38)51)33-24-25-35-32(28-33)23-22-29-12-7-8-17-34(29)35/h1-28H. The van der Waals surface area contributed by atoms with Crippen LogP contribution >= 0.6 is 0 Å². The number of hydrogen-bond acceptors (Lipinski definition) is 3. The fourth-order valence-electron chi connectivity index (χ4n) is 8.08. The molecule has 4 heteroatoms. The summed E-state index contributed by atoms with van der Waals surface area (Å²) in [5.74, 6) is 1.98. The molecular formula is C47H28N4. The van der Waals surface area contributed by atoms with Crippen LogP contribution in [0.1, 0.15) is 0 Å². The zero-order chi connectivity index (χ0) is 33.5. The second-order valence-electron chi connectivity index (χ2n) is 13.2. The maximum absolute atomic E-state index is 5.15.